The van der Waals surface area contributed by atoms with Crippen LogP contribution in [-0.2, 0) is 6.54 Å². The van der Waals surface area contributed by atoms with Gasteiger partial charge in [-0.1, -0.05) is 62.4 Å². The summed E-state index contributed by atoms with van der Waals surface area (Å²) in [4.78, 5) is 17.3. The smallest absolute Gasteiger partial charge is 0.545 e. The molecule has 4 nitrogen and oxygen atoms in total. The maximum Gasteiger partial charge on any atom is 1.00 e. The quantitative estimate of drug-likeness (QED) is 0.401. The zero-order valence-corrected chi connectivity index (χ0v) is 22.0. The minimum absolute atomic E-state index is 0. The molecule has 4 aromatic rings. The predicted molar refractivity (Wildman–Crippen MR) is 125 cm³/mol. The molecule has 32 heavy (non-hydrogen) atoms. The number of aromatic nitrogens is 1. The van der Waals surface area contributed by atoms with Crippen LogP contribution in [0.3, 0.4) is 0 Å². The molecule has 0 saturated carbocycles. The van der Waals surface area contributed by atoms with Crippen molar-refractivity contribution in [3.8, 4) is 11.3 Å². The van der Waals surface area contributed by atoms with Crippen molar-refractivity contribution in [3.63, 3.8) is 0 Å². The monoisotopic (exact) mass is 470 g/mol. The number of carbonyl (C=O) groups is 1. The van der Waals surface area contributed by atoms with Crippen LogP contribution in [0.5, 0.6) is 0 Å². The Hall–Kier alpha value is -1.80. The molecule has 0 aliphatic rings. The molecule has 1 unspecified atom stereocenters. The van der Waals surface area contributed by atoms with E-state index in [2.05, 4.69) is 60.3 Å². The molecule has 0 fully saturated rings. The van der Waals surface area contributed by atoms with Gasteiger partial charge in [-0.3, -0.25) is 5.32 Å². The van der Waals surface area contributed by atoms with Gasteiger partial charge >= 0.3 is 29.6 Å². The van der Waals surface area contributed by atoms with Gasteiger partial charge in [0, 0.05) is 22.4 Å². The van der Waals surface area contributed by atoms with E-state index in [1.54, 1.807) is 40.9 Å². The maximum absolute atomic E-state index is 11.2. The summed E-state index contributed by atoms with van der Waals surface area (Å²) in [6, 6.07) is 19.5. The van der Waals surface area contributed by atoms with Crippen molar-refractivity contribution >= 4 is 28.6 Å². The van der Waals surface area contributed by atoms with E-state index in [0.717, 1.165) is 21.8 Å². The summed E-state index contributed by atoms with van der Waals surface area (Å²) >= 11 is 3.31. The average Bonchev–Trinajstić information content (AvgIpc) is 3.47. The van der Waals surface area contributed by atoms with E-state index < -0.39 is 5.97 Å². The van der Waals surface area contributed by atoms with Crippen molar-refractivity contribution in [2.75, 3.05) is 0 Å². The number of carboxylic acids is 1. The summed E-state index contributed by atoms with van der Waals surface area (Å²) < 4.78 is 0. The molecular formula is C25H23N2NaO2S2. The first kappa shape index (κ1) is 24.8. The number of nitrogens with one attached hydrogen (secondary N) is 1. The van der Waals surface area contributed by atoms with Gasteiger partial charge in [-0.15, -0.1) is 22.7 Å². The number of rotatable bonds is 8. The average molecular weight is 471 g/mol. The molecule has 2 heterocycles. The van der Waals surface area contributed by atoms with Gasteiger partial charge in [-0.2, -0.15) is 0 Å². The van der Waals surface area contributed by atoms with Gasteiger partial charge in [0.15, 0.2) is 0 Å². The van der Waals surface area contributed by atoms with Gasteiger partial charge in [0.25, 0.3) is 0 Å². The molecule has 2 aromatic heterocycles. The van der Waals surface area contributed by atoms with E-state index >= 15 is 0 Å². The van der Waals surface area contributed by atoms with E-state index in [1.807, 2.05) is 12.1 Å². The van der Waals surface area contributed by atoms with Crippen LogP contribution < -0.4 is 40.0 Å². The normalized spacial score (nSPS) is 11.8. The molecule has 0 aliphatic carbocycles. The zero-order chi connectivity index (χ0) is 21.8. The van der Waals surface area contributed by atoms with E-state index in [9.17, 15) is 9.90 Å². The zero-order valence-electron chi connectivity index (χ0n) is 18.4. The molecule has 1 atom stereocenters. The van der Waals surface area contributed by atoms with Crippen LogP contribution in [0.2, 0.25) is 0 Å². The Morgan fingerprint density at radius 1 is 1.06 bits per heavy atom. The van der Waals surface area contributed by atoms with Crippen molar-refractivity contribution in [2.24, 2.45) is 0 Å². The number of benzene rings is 2. The molecule has 2 aromatic carbocycles. The Kier molecular flexibility index (Phi) is 8.82. The number of aromatic carboxylic acids is 1. The Morgan fingerprint density at radius 2 is 1.84 bits per heavy atom. The fourth-order valence-electron chi connectivity index (χ4n) is 3.38. The van der Waals surface area contributed by atoms with Crippen LogP contribution in [0.25, 0.3) is 11.3 Å². The molecule has 0 spiro atoms. The second-order valence-corrected chi connectivity index (χ2v) is 9.53. The van der Waals surface area contributed by atoms with Crippen LogP contribution in [0.1, 0.15) is 57.2 Å². The second kappa shape index (κ2) is 11.4. The number of carbonyl (C=O) groups excluding carboxylic acids is 1. The molecular weight excluding hydrogens is 447 g/mol. The first-order valence-corrected chi connectivity index (χ1v) is 11.9. The largest absolute Gasteiger partial charge is 1.00 e. The molecule has 0 radical (unpaired) electrons. The van der Waals surface area contributed by atoms with Gasteiger partial charge in [0.2, 0.25) is 0 Å². The first-order chi connectivity index (χ1) is 15.0. The van der Waals surface area contributed by atoms with E-state index in [-0.39, 0.29) is 41.2 Å². The first-order valence-electron chi connectivity index (χ1n) is 10.1. The van der Waals surface area contributed by atoms with Crippen molar-refractivity contribution < 1.29 is 39.5 Å². The molecule has 7 heteroatoms. The van der Waals surface area contributed by atoms with Crippen molar-refractivity contribution in [1.82, 2.24) is 10.3 Å². The molecule has 1 N–H and O–H groups in total. The molecule has 0 amide bonds. The number of hydrogen-bond acceptors (Lipinski definition) is 6. The fraction of sp³-hybridized carbons (Fsp3) is 0.200. The molecule has 0 aliphatic heterocycles. The Bertz CT molecular complexity index is 1150. The van der Waals surface area contributed by atoms with Gasteiger partial charge in [-0.25, -0.2) is 4.98 Å². The van der Waals surface area contributed by atoms with Crippen LogP contribution in [-0.4, -0.2) is 11.0 Å². The third-order valence-corrected chi connectivity index (χ3v) is 6.99. The van der Waals surface area contributed by atoms with Crippen molar-refractivity contribution in [3.05, 3.63) is 98.0 Å². The summed E-state index contributed by atoms with van der Waals surface area (Å²) in [5, 5.41) is 19.9. The number of thiophene rings is 1. The summed E-state index contributed by atoms with van der Waals surface area (Å²) in [6.07, 6.45) is 0. The third kappa shape index (κ3) is 5.95. The summed E-state index contributed by atoms with van der Waals surface area (Å²) in [5.41, 5.74) is 4.48. The topological polar surface area (TPSA) is 65.0 Å². The van der Waals surface area contributed by atoms with Gasteiger partial charge in [-0.05, 0) is 40.1 Å². The van der Waals surface area contributed by atoms with Gasteiger partial charge in [0.1, 0.15) is 5.01 Å². The minimum atomic E-state index is -1.16. The number of carboxylic acid groups (broad SMARTS) is 1. The number of hydrogen-bond donors (Lipinski definition) is 1. The van der Waals surface area contributed by atoms with E-state index in [1.165, 1.54) is 10.4 Å². The SMILES string of the molecule is CC(C)c1ccc(-c2csc(C(NCc3cccc(C(=O)[O-])c3)c3cccs3)n2)cc1.[Na+]. The molecule has 0 bridgehead atoms. The van der Waals surface area contributed by atoms with Crippen molar-refractivity contribution in [2.45, 2.75) is 32.4 Å². The fourth-order valence-corrected chi connectivity index (χ4v) is 5.18. The van der Waals surface area contributed by atoms with Crippen LogP contribution in [0.15, 0.2) is 71.4 Å². The Balaban J connectivity index is 0.00000289. The number of thiazole rings is 1. The second-order valence-electron chi connectivity index (χ2n) is 7.66. The Morgan fingerprint density at radius 3 is 2.50 bits per heavy atom. The van der Waals surface area contributed by atoms with Crippen molar-refractivity contribution in [1.29, 1.82) is 0 Å². The Labute approximate surface area is 218 Å². The van der Waals surface area contributed by atoms with Crippen LogP contribution in [0.4, 0.5) is 0 Å². The molecule has 4 rings (SSSR count). The predicted octanol–water partition coefficient (Wildman–Crippen LogP) is 2.24. The van der Waals surface area contributed by atoms with Gasteiger partial charge < -0.3 is 9.90 Å². The third-order valence-electron chi connectivity index (χ3n) is 5.14. The summed E-state index contributed by atoms with van der Waals surface area (Å²) in [7, 11) is 0. The number of nitrogens with zero attached hydrogens (tertiary/aromatic N) is 1. The summed E-state index contributed by atoms with van der Waals surface area (Å²) in [5.74, 6) is -0.660. The molecule has 158 valence electrons. The van der Waals surface area contributed by atoms with E-state index in [0.29, 0.717) is 12.5 Å². The maximum atomic E-state index is 11.2. The summed E-state index contributed by atoms with van der Waals surface area (Å²) in [6.45, 7) is 4.91. The molecule has 0 saturated heterocycles. The van der Waals surface area contributed by atoms with Crippen LogP contribution >= 0.6 is 22.7 Å². The van der Waals surface area contributed by atoms with E-state index in [4.69, 9.17) is 4.98 Å². The van der Waals surface area contributed by atoms with Crippen LogP contribution in [0, 0.1) is 0 Å². The standard InChI is InChI=1S/C25H24N2O2S2.Na/c1-16(2)18-8-10-19(11-9-18)21-15-31-24(27-21)23(22-7-4-12-30-22)26-14-17-5-3-6-20(13-17)25(28)29;/h3-13,15-16,23,26H,14H2,1-2H3,(H,28,29);/q;+1/p-1. The minimum Gasteiger partial charge on any atom is -0.545 e. The van der Waals surface area contributed by atoms with Gasteiger partial charge in [0.05, 0.1) is 17.7 Å².